The number of hydrogen-bond acceptors (Lipinski definition) is 4. The molecule has 1 aromatic rings. The van der Waals surface area contributed by atoms with Crippen LogP contribution in [-0.4, -0.2) is 53.7 Å². The molecule has 0 bridgehead atoms. The topological polar surface area (TPSA) is 78.9 Å². The van der Waals surface area contributed by atoms with Gasteiger partial charge in [0.15, 0.2) is 0 Å². The molecule has 1 saturated carbocycles. The Kier molecular flexibility index (Phi) is 6.73. The molecule has 2 fully saturated rings. The number of rotatable bonds is 5. The molecule has 1 heterocycles. The summed E-state index contributed by atoms with van der Waals surface area (Å²) in [5, 5.41) is 14.0. The van der Waals surface area contributed by atoms with Crippen LogP contribution in [0.25, 0.3) is 0 Å². The average molecular weight is 389 g/mol. The number of nitrogens with zero attached hydrogens (tertiary/aromatic N) is 1. The zero-order chi connectivity index (χ0) is 20.1. The monoisotopic (exact) mass is 388 g/mol. The minimum absolute atomic E-state index is 0.0401. The number of carbonyl (C=O) groups excluding carboxylic acids is 2. The second-order valence-electron chi connectivity index (χ2n) is 8.31. The number of ether oxygens (including phenoxy) is 1. The molecule has 28 heavy (non-hydrogen) atoms. The number of aliphatic hydroxyl groups is 1. The lowest BCUT2D eigenvalue weighted by Gasteiger charge is -2.50. The largest absolute Gasteiger partial charge is 0.388 e. The molecule has 0 unspecified atom stereocenters. The van der Waals surface area contributed by atoms with Gasteiger partial charge in [-0.2, -0.15) is 0 Å². The second kappa shape index (κ2) is 9.05. The van der Waals surface area contributed by atoms with Crippen LogP contribution in [0.2, 0.25) is 0 Å². The lowest BCUT2D eigenvalue weighted by atomic mass is 9.78. The van der Waals surface area contributed by atoms with Crippen LogP contribution in [0.4, 0.5) is 0 Å². The zero-order valence-corrected chi connectivity index (χ0v) is 16.9. The highest BCUT2D eigenvalue weighted by Gasteiger charge is 2.48. The third kappa shape index (κ3) is 4.55. The molecule has 6 nitrogen and oxygen atoms in total. The third-order valence-corrected chi connectivity index (χ3v) is 6.15. The summed E-state index contributed by atoms with van der Waals surface area (Å²) in [6.45, 7) is 2.15. The molecule has 6 heteroatoms. The summed E-state index contributed by atoms with van der Waals surface area (Å²) in [4.78, 5) is 27.6. The quantitative estimate of drug-likeness (QED) is 0.812. The summed E-state index contributed by atoms with van der Waals surface area (Å²) in [5.41, 5.74) is -0.192. The van der Waals surface area contributed by atoms with E-state index in [4.69, 9.17) is 4.74 Å². The van der Waals surface area contributed by atoms with Crippen molar-refractivity contribution in [2.45, 2.75) is 63.1 Å². The summed E-state index contributed by atoms with van der Waals surface area (Å²) in [5.74, 6) is -0.103. The van der Waals surface area contributed by atoms with Crippen LogP contribution in [-0.2, 0) is 14.3 Å². The van der Waals surface area contributed by atoms with Crippen LogP contribution in [0.5, 0.6) is 0 Å². The molecule has 3 rings (SSSR count). The van der Waals surface area contributed by atoms with Crippen molar-refractivity contribution in [3.8, 4) is 0 Å². The van der Waals surface area contributed by atoms with Crippen LogP contribution < -0.4 is 5.32 Å². The minimum Gasteiger partial charge on any atom is -0.388 e. The van der Waals surface area contributed by atoms with E-state index < -0.39 is 17.7 Å². The summed E-state index contributed by atoms with van der Waals surface area (Å²) in [7, 11) is 1.46. The van der Waals surface area contributed by atoms with E-state index in [9.17, 15) is 14.7 Å². The van der Waals surface area contributed by atoms with Crippen LogP contribution in [0.3, 0.4) is 0 Å². The molecule has 2 N–H and O–H groups in total. The van der Waals surface area contributed by atoms with Gasteiger partial charge in [-0.3, -0.25) is 9.59 Å². The number of methoxy groups -OCH3 is 1. The Hall–Kier alpha value is -1.92. The van der Waals surface area contributed by atoms with E-state index in [1.807, 2.05) is 35.2 Å². The fraction of sp³-hybridized carbons (Fsp3) is 0.636. The molecule has 3 atom stereocenters. The highest BCUT2D eigenvalue weighted by molar-refractivity contribution is 5.81. The molecule has 1 aliphatic carbocycles. The number of carbonyl (C=O) groups is 2. The number of amides is 2. The highest BCUT2D eigenvalue weighted by atomic mass is 16.5. The van der Waals surface area contributed by atoms with Crippen LogP contribution in [0, 0.1) is 5.92 Å². The molecule has 1 aliphatic heterocycles. The second-order valence-corrected chi connectivity index (χ2v) is 8.31. The maximum atomic E-state index is 13.4. The number of benzene rings is 1. The first-order chi connectivity index (χ1) is 13.4. The van der Waals surface area contributed by atoms with Crippen molar-refractivity contribution in [2.75, 3.05) is 20.3 Å². The van der Waals surface area contributed by atoms with E-state index in [2.05, 4.69) is 5.32 Å². The van der Waals surface area contributed by atoms with Crippen molar-refractivity contribution < 1.29 is 19.4 Å². The van der Waals surface area contributed by atoms with E-state index in [1.165, 1.54) is 13.5 Å². The predicted molar refractivity (Wildman–Crippen MR) is 107 cm³/mol. The molecule has 154 valence electrons. The van der Waals surface area contributed by atoms with Crippen molar-refractivity contribution in [1.82, 2.24) is 10.2 Å². The summed E-state index contributed by atoms with van der Waals surface area (Å²) in [6.07, 6.45) is 5.64. The highest BCUT2D eigenvalue weighted by Crippen LogP contribution is 2.39. The van der Waals surface area contributed by atoms with Crippen molar-refractivity contribution in [3.63, 3.8) is 0 Å². The minimum atomic E-state index is -1.12. The Balaban J connectivity index is 1.94. The first-order valence-corrected chi connectivity index (χ1v) is 10.3. The number of nitrogens with one attached hydrogen (secondary N) is 1. The van der Waals surface area contributed by atoms with E-state index >= 15 is 0 Å². The van der Waals surface area contributed by atoms with Crippen LogP contribution >= 0.6 is 0 Å². The van der Waals surface area contributed by atoms with Gasteiger partial charge in [0.1, 0.15) is 6.61 Å². The summed E-state index contributed by atoms with van der Waals surface area (Å²) in [6, 6.07) is 8.70. The van der Waals surface area contributed by atoms with Gasteiger partial charge >= 0.3 is 0 Å². The fourth-order valence-electron chi connectivity index (χ4n) is 4.60. The van der Waals surface area contributed by atoms with Gasteiger partial charge in [-0.05, 0) is 31.7 Å². The third-order valence-electron chi connectivity index (χ3n) is 6.15. The maximum absolute atomic E-state index is 13.4. The molecule has 0 spiro atoms. The van der Waals surface area contributed by atoms with E-state index in [0.29, 0.717) is 13.0 Å². The molecule has 1 saturated heterocycles. The smallest absolute Gasteiger partial charge is 0.246 e. The predicted octanol–water partition coefficient (Wildman–Crippen LogP) is 2.42. The van der Waals surface area contributed by atoms with Crippen molar-refractivity contribution in [3.05, 3.63) is 35.9 Å². The fourth-order valence-corrected chi connectivity index (χ4v) is 4.60. The van der Waals surface area contributed by atoms with E-state index in [0.717, 1.165) is 31.2 Å². The Morgan fingerprint density at radius 1 is 1.21 bits per heavy atom. The molecular formula is C22H32N2O4. The summed E-state index contributed by atoms with van der Waals surface area (Å²) >= 11 is 0. The molecule has 2 amide bonds. The normalized spacial score (nSPS) is 28.8. The van der Waals surface area contributed by atoms with Gasteiger partial charge in [-0.15, -0.1) is 0 Å². The Morgan fingerprint density at radius 2 is 1.89 bits per heavy atom. The first kappa shape index (κ1) is 20.8. The number of hydrogen-bond donors (Lipinski definition) is 2. The van der Waals surface area contributed by atoms with Gasteiger partial charge in [0.25, 0.3) is 0 Å². The van der Waals surface area contributed by atoms with Crippen LogP contribution in [0.1, 0.15) is 57.1 Å². The number of piperidine rings is 1. The SMILES string of the molecule is COCC(=O)N[C@H]1[C@H](c2ccccc2)N(C(=O)C2CCCCC2)CC[C@@]1(C)O. The molecular weight excluding hydrogens is 356 g/mol. The van der Waals surface area contributed by atoms with E-state index in [1.54, 1.807) is 6.92 Å². The standard InChI is InChI=1S/C22H32N2O4/c1-22(27)13-14-24(21(26)17-11-7-4-8-12-17)19(16-9-5-3-6-10-16)20(22)23-18(25)15-28-2/h3,5-6,9-10,17,19-20,27H,4,7-8,11-15H2,1-2H3,(H,23,25)/t19-,20-,22+/m0/s1. The molecule has 2 aliphatic rings. The van der Waals surface area contributed by atoms with Gasteiger partial charge in [-0.1, -0.05) is 49.6 Å². The number of likely N-dealkylation sites (tertiary alicyclic amines) is 1. The van der Waals surface area contributed by atoms with Gasteiger partial charge in [-0.25, -0.2) is 0 Å². The van der Waals surface area contributed by atoms with Crippen LogP contribution in [0.15, 0.2) is 30.3 Å². The van der Waals surface area contributed by atoms with Crippen molar-refractivity contribution in [2.24, 2.45) is 5.92 Å². The van der Waals surface area contributed by atoms with Crippen molar-refractivity contribution in [1.29, 1.82) is 0 Å². The van der Waals surface area contributed by atoms with Gasteiger partial charge in [0.2, 0.25) is 11.8 Å². The van der Waals surface area contributed by atoms with Crippen molar-refractivity contribution >= 4 is 11.8 Å². The van der Waals surface area contributed by atoms with Gasteiger partial charge < -0.3 is 20.1 Å². The lowest BCUT2D eigenvalue weighted by Crippen LogP contribution is -2.64. The Morgan fingerprint density at radius 3 is 2.54 bits per heavy atom. The van der Waals surface area contributed by atoms with E-state index in [-0.39, 0.29) is 24.3 Å². The molecule has 0 aromatic heterocycles. The zero-order valence-electron chi connectivity index (χ0n) is 16.9. The van der Waals surface area contributed by atoms with Gasteiger partial charge in [0, 0.05) is 19.6 Å². The lowest BCUT2D eigenvalue weighted by molar-refractivity contribution is -0.151. The molecule has 0 radical (unpaired) electrons. The first-order valence-electron chi connectivity index (χ1n) is 10.3. The molecule has 1 aromatic carbocycles. The van der Waals surface area contributed by atoms with Gasteiger partial charge in [0.05, 0.1) is 17.7 Å². The average Bonchev–Trinajstić information content (AvgIpc) is 2.70. The maximum Gasteiger partial charge on any atom is 0.246 e. The summed E-state index contributed by atoms with van der Waals surface area (Å²) < 4.78 is 4.95. The Labute approximate surface area is 167 Å². The Bertz CT molecular complexity index is 670.